The molecule has 206 valence electrons. The fourth-order valence-corrected chi connectivity index (χ4v) is 5.67. The minimum atomic E-state index is -4.37. The molecule has 6 rings (SSSR count). The molecule has 9 heteroatoms. The van der Waals surface area contributed by atoms with Gasteiger partial charge in [-0.05, 0) is 92.4 Å². The first kappa shape index (κ1) is 26.3. The maximum atomic E-state index is 12.9. The van der Waals surface area contributed by atoms with E-state index >= 15 is 0 Å². The maximum Gasteiger partial charge on any atom is 0.416 e. The van der Waals surface area contributed by atoms with Crippen LogP contribution in [0.3, 0.4) is 0 Å². The number of anilines is 2. The first-order valence-electron chi connectivity index (χ1n) is 13.7. The summed E-state index contributed by atoms with van der Waals surface area (Å²) in [5, 5.41) is 2.90. The number of hydrogen-bond donors (Lipinski definition) is 1. The van der Waals surface area contributed by atoms with E-state index in [1.165, 1.54) is 38.1 Å². The SMILES string of the molecule is O=C(Nc1ccc2nc(N3CCC(N4CCCC4)CC3)cnc2c1)c1ccc(-c2ccc(C(F)(F)F)cc2)cc1. The standard InChI is InChI=1S/C31H30F3N5O/c32-31(33,34)24-9-7-22(8-10-24)21-3-5-23(6-4-21)30(40)36-25-11-12-27-28(19-25)35-20-29(37-27)39-17-13-26(14-18-39)38-15-1-2-16-38/h3-12,19-20,26H,1-2,13-18H2,(H,36,40). The Bertz CT molecular complexity index is 1490. The lowest BCUT2D eigenvalue weighted by molar-refractivity contribution is -0.137. The molecule has 0 atom stereocenters. The Morgan fingerprint density at radius 3 is 2.12 bits per heavy atom. The number of nitrogens with one attached hydrogen (secondary N) is 1. The topological polar surface area (TPSA) is 61.4 Å². The van der Waals surface area contributed by atoms with Crippen molar-refractivity contribution in [1.29, 1.82) is 0 Å². The molecular weight excluding hydrogens is 515 g/mol. The van der Waals surface area contributed by atoms with Gasteiger partial charge in [0.25, 0.3) is 5.91 Å². The number of aromatic nitrogens is 2. The second kappa shape index (κ2) is 10.9. The van der Waals surface area contributed by atoms with Crippen LogP contribution in [0, 0.1) is 0 Å². The van der Waals surface area contributed by atoms with Gasteiger partial charge in [0.05, 0.1) is 22.8 Å². The Morgan fingerprint density at radius 1 is 0.825 bits per heavy atom. The number of carbonyl (C=O) groups is 1. The number of fused-ring (bicyclic) bond motifs is 1. The number of hydrogen-bond acceptors (Lipinski definition) is 5. The van der Waals surface area contributed by atoms with Crippen molar-refractivity contribution in [2.75, 3.05) is 36.4 Å². The summed E-state index contributed by atoms with van der Waals surface area (Å²) in [6.45, 7) is 4.42. The van der Waals surface area contributed by atoms with E-state index < -0.39 is 11.7 Å². The van der Waals surface area contributed by atoms with Gasteiger partial charge < -0.3 is 15.1 Å². The average molecular weight is 546 g/mol. The van der Waals surface area contributed by atoms with Crippen LogP contribution in [0.2, 0.25) is 0 Å². The minimum absolute atomic E-state index is 0.288. The van der Waals surface area contributed by atoms with Crippen LogP contribution >= 0.6 is 0 Å². The Hall–Kier alpha value is -3.98. The van der Waals surface area contributed by atoms with E-state index in [1.807, 2.05) is 18.3 Å². The van der Waals surface area contributed by atoms with Crippen LogP contribution in [0.15, 0.2) is 72.9 Å². The van der Waals surface area contributed by atoms with Crippen molar-refractivity contribution in [2.45, 2.75) is 37.9 Å². The largest absolute Gasteiger partial charge is 0.416 e. The van der Waals surface area contributed by atoms with Crippen molar-refractivity contribution in [2.24, 2.45) is 0 Å². The summed E-state index contributed by atoms with van der Waals surface area (Å²) in [4.78, 5) is 27.2. The Labute approximate surface area is 230 Å². The summed E-state index contributed by atoms with van der Waals surface area (Å²) in [7, 11) is 0. The Kier molecular flexibility index (Phi) is 7.14. The van der Waals surface area contributed by atoms with Gasteiger partial charge in [0.1, 0.15) is 5.82 Å². The molecule has 6 nitrogen and oxygen atoms in total. The number of alkyl halides is 3. The highest BCUT2D eigenvalue weighted by Gasteiger charge is 2.30. The van der Waals surface area contributed by atoms with Crippen LogP contribution in [0.25, 0.3) is 22.2 Å². The molecule has 2 aliphatic rings. The number of likely N-dealkylation sites (tertiary alicyclic amines) is 1. The molecule has 3 heterocycles. The molecule has 2 saturated heterocycles. The first-order valence-corrected chi connectivity index (χ1v) is 13.7. The molecule has 2 aliphatic heterocycles. The lowest BCUT2D eigenvalue weighted by Crippen LogP contribution is -2.44. The fourth-order valence-electron chi connectivity index (χ4n) is 5.67. The molecule has 0 aliphatic carbocycles. The number of carbonyl (C=O) groups excluding carboxylic acids is 1. The van der Waals surface area contributed by atoms with Gasteiger partial charge in [-0.2, -0.15) is 13.2 Å². The summed E-state index contributed by atoms with van der Waals surface area (Å²) < 4.78 is 38.5. The second-order valence-electron chi connectivity index (χ2n) is 10.5. The number of benzene rings is 3. The zero-order chi connectivity index (χ0) is 27.7. The number of amides is 1. The summed E-state index contributed by atoms with van der Waals surface area (Å²) >= 11 is 0. The van der Waals surface area contributed by atoms with Crippen molar-refractivity contribution < 1.29 is 18.0 Å². The summed E-state index contributed by atoms with van der Waals surface area (Å²) in [5.74, 6) is 0.598. The van der Waals surface area contributed by atoms with E-state index in [2.05, 4.69) is 20.1 Å². The fraction of sp³-hybridized carbons (Fsp3) is 0.323. The first-order chi connectivity index (χ1) is 19.3. The average Bonchev–Trinajstić information content (AvgIpc) is 3.52. The predicted octanol–water partition coefficient (Wildman–Crippen LogP) is 6.63. The Morgan fingerprint density at radius 2 is 1.48 bits per heavy atom. The van der Waals surface area contributed by atoms with Crippen LogP contribution in [0.1, 0.15) is 41.6 Å². The van der Waals surface area contributed by atoms with Crippen LogP contribution in [0.4, 0.5) is 24.7 Å². The highest BCUT2D eigenvalue weighted by atomic mass is 19.4. The maximum absolute atomic E-state index is 12.9. The third-order valence-corrected chi connectivity index (χ3v) is 7.93. The molecule has 0 unspecified atom stereocenters. The molecule has 0 saturated carbocycles. The second-order valence-corrected chi connectivity index (χ2v) is 10.5. The molecule has 40 heavy (non-hydrogen) atoms. The van der Waals surface area contributed by atoms with Gasteiger partial charge >= 0.3 is 6.18 Å². The normalized spacial score (nSPS) is 16.9. The third kappa shape index (κ3) is 5.65. The summed E-state index contributed by atoms with van der Waals surface area (Å²) in [6.07, 6.45) is 2.37. The zero-order valence-electron chi connectivity index (χ0n) is 22.0. The van der Waals surface area contributed by atoms with Crippen molar-refractivity contribution in [3.63, 3.8) is 0 Å². The number of piperidine rings is 1. The van der Waals surface area contributed by atoms with E-state index in [0.29, 0.717) is 28.4 Å². The van der Waals surface area contributed by atoms with Crippen molar-refractivity contribution in [3.8, 4) is 11.1 Å². The molecule has 4 aromatic rings. The van der Waals surface area contributed by atoms with Crippen molar-refractivity contribution in [3.05, 3.63) is 84.1 Å². The van der Waals surface area contributed by atoms with Gasteiger partial charge in [-0.1, -0.05) is 24.3 Å². The van der Waals surface area contributed by atoms with Gasteiger partial charge in [-0.3, -0.25) is 9.78 Å². The molecule has 1 amide bonds. The zero-order valence-corrected chi connectivity index (χ0v) is 22.0. The molecular formula is C31H30F3N5O. The summed E-state index contributed by atoms with van der Waals surface area (Å²) in [5.41, 5.74) is 3.20. The van der Waals surface area contributed by atoms with Gasteiger partial charge in [0.15, 0.2) is 0 Å². The van der Waals surface area contributed by atoms with Crippen molar-refractivity contribution >= 4 is 28.4 Å². The number of halogens is 3. The number of nitrogens with zero attached hydrogens (tertiary/aromatic N) is 4. The molecule has 1 N–H and O–H groups in total. The lowest BCUT2D eigenvalue weighted by Gasteiger charge is -2.37. The van der Waals surface area contributed by atoms with Gasteiger partial charge in [0, 0.05) is 30.4 Å². The Balaban J connectivity index is 1.09. The van der Waals surface area contributed by atoms with Gasteiger partial charge in [-0.25, -0.2) is 4.98 Å². The summed E-state index contributed by atoms with van der Waals surface area (Å²) in [6, 6.07) is 17.9. The van der Waals surface area contributed by atoms with Crippen LogP contribution in [-0.2, 0) is 6.18 Å². The monoisotopic (exact) mass is 545 g/mol. The van der Waals surface area contributed by atoms with Gasteiger partial charge in [0.2, 0.25) is 0 Å². The van der Waals surface area contributed by atoms with Crippen LogP contribution in [0.5, 0.6) is 0 Å². The van der Waals surface area contributed by atoms with Crippen molar-refractivity contribution in [1.82, 2.24) is 14.9 Å². The highest BCUT2D eigenvalue weighted by Crippen LogP contribution is 2.31. The highest BCUT2D eigenvalue weighted by molar-refractivity contribution is 6.05. The molecule has 0 spiro atoms. The smallest absolute Gasteiger partial charge is 0.355 e. The lowest BCUT2D eigenvalue weighted by atomic mass is 10.0. The molecule has 0 bridgehead atoms. The van der Waals surface area contributed by atoms with Crippen LogP contribution < -0.4 is 10.2 Å². The minimum Gasteiger partial charge on any atom is -0.355 e. The van der Waals surface area contributed by atoms with E-state index in [4.69, 9.17) is 4.98 Å². The molecule has 3 aromatic carbocycles. The van der Waals surface area contributed by atoms with E-state index in [-0.39, 0.29) is 5.91 Å². The van der Waals surface area contributed by atoms with E-state index in [0.717, 1.165) is 55.0 Å². The molecule has 1 aromatic heterocycles. The number of rotatable bonds is 5. The quantitative estimate of drug-likeness (QED) is 0.305. The molecule has 2 fully saturated rings. The third-order valence-electron chi connectivity index (χ3n) is 7.93. The van der Waals surface area contributed by atoms with E-state index in [1.54, 1.807) is 30.3 Å². The van der Waals surface area contributed by atoms with E-state index in [9.17, 15) is 18.0 Å². The van der Waals surface area contributed by atoms with Gasteiger partial charge in [-0.15, -0.1) is 0 Å². The predicted molar refractivity (Wildman–Crippen MR) is 150 cm³/mol. The van der Waals surface area contributed by atoms with Crippen LogP contribution in [-0.4, -0.2) is 53.0 Å². The molecule has 0 radical (unpaired) electrons.